The predicted octanol–water partition coefficient (Wildman–Crippen LogP) is 3.55. The first kappa shape index (κ1) is 16.9. The van der Waals surface area contributed by atoms with E-state index in [0.29, 0.717) is 22.1 Å². The molecule has 1 aromatic heterocycles. The van der Waals surface area contributed by atoms with Crippen LogP contribution < -0.4 is 4.74 Å². The van der Waals surface area contributed by atoms with Crippen LogP contribution in [0.5, 0.6) is 5.75 Å². The summed E-state index contributed by atoms with van der Waals surface area (Å²) in [5.41, 5.74) is 0.587. The topological polar surface area (TPSA) is 76.5 Å². The fraction of sp³-hybridized carbons (Fsp3) is 0.353. The molecular weight excluding hydrogens is 301 g/mol. The summed E-state index contributed by atoms with van der Waals surface area (Å²) in [6.07, 6.45) is 0.907. The Hall–Kier alpha value is -2.50. The molecule has 5 nitrogen and oxygen atoms in total. The molecule has 1 aromatic carbocycles. The van der Waals surface area contributed by atoms with Gasteiger partial charge in [-0.15, -0.1) is 0 Å². The second-order valence-corrected chi connectivity index (χ2v) is 5.57. The second kappa shape index (κ2) is 6.73. The first-order valence-corrected chi connectivity index (χ1v) is 7.26. The van der Waals surface area contributed by atoms with Crippen LogP contribution in [0.3, 0.4) is 0 Å². The Morgan fingerprint density at radius 3 is 2.57 bits per heavy atom. The number of methoxy groups -OCH3 is 1. The molecule has 2 aromatic rings. The lowest BCUT2D eigenvalue weighted by Gasteiger charge is -2.15. The minimum atomic E-state index is -1.05. The van der Waals surface area contributed by atoms with Crippen molar-refractivity contribution >= 4 is 22.5 Å². The van der Waals surface area contributed by atoms with Crippen LogP contribution >= 0.6 is 0 Å². The Kier molecular flexibility index (Phi) is 4.93. The third kappa shape index (κ3) is 3.47. The van der Waals surface area contributed by atoms with Gasteiger partial charge in [0.15, 0.2) is 5.78 Å². The van der Waals surface area contributed by atoms with Crippen molar-refractivity contribution in [3.05, 3.63) is 35.4 Å². The van der Waals surface area contributed by atoms with Crippen molar-refractivity contribution in [2.24, 2.45) is 0 Å². The van der Waals surface area contributed by atoms with Crippen LogP contribution in [0.25, 0.3) is 10.8 Å². The van der Waals surface area contributed by atoms with Gasteiger partial charge in [-0.1, -0.05) is 13.8 Å². The number of benzene rings is 1. The Morgan fingerprint density at radius 2 is 2.00 bits per heavy atom. The number of carbonyl (C=O) groups is 2. The number of pyridine rings is 1. The van der Waals surface area contributed by atoms with E-state index in [-0.39, 0.29) is 30.2 Å². The van der Waals surface area contributed by atoms with E-state index in [0.717, 1.165) is 0 Å². The van der Waals surface area contributed by atoms with Gasteiger partial charge in [-0.05, 0) is 23.4 Å². The van der Waals surface area contributed by atoms with Crippen molar-refractivity contribution in [2.45, 2.75) is 32.6 Å². The van der Waals surface area contributed by atoms with Crippen LogP contribution in [-0.4, -0.2) is 29.0 Å². The summed E-state index contributed by atoms with van der Waals surface area (Å²) < 4.78 is 19.9. The van der Waals surface area contributed by atoms with E-state index < -0.39 is 11.8 Å². The number of aliphatic carboxylic acids is 1. The van der Waals surface area contributed by atoms with Crippen molar-refractivity contribution in [3.8, 4) is 5.75 Å². The number of hydrogen-bond donors (Lipinski definition) is 1. The molecule has 0 spiro atoms. The van der Waals surface area contributed by atoms with Gasteiger partial charge in [0.2, 0.25) is 0 Å². The highest BCUT2D eigenvalue weighted by molar-refractivity contribution is 5.99. The van der Waals surface area contributed by atoms with Gasteiger partial charge in [-0.2, -0.15) is 0 Å². The number of hydrogen-bond acceptors (Lipinski definition) is 4. The molecule has 0 aliphatic heterocycles. The number of aromatic nitrogens is 1. The van der Waals surface area contributed by atoms with Crippen LogP contribution in [0.2, 0.25) is 0 Å². The number of rotatable bonds is 6. The van der Waals surface area contributed by atoms with E-state index in [1.54, 1.807) is 6.07 Å². The predicted molar refractivity (Wildman–Crippen MR) is 83.5 cm³/mol. The first-order chi connectivity index (χ1) is 10.8. The zero-order valence-corrected chi connectivity index (χ0v) is 13.2. The van der Waals surface area contributed by atoms with Gasteiger partial charge in [0.25, 0.3) is 0 Å². The van der Waals surface area contributed by atoms with E-state index >= 15 is 0 Å². The van der Waals surface area contributed by atoms with E-state index in [1.165, 1.54) is 19.4 Å². The first-order valence-electron chi connectivity index (χ1n) is 7.26. The summed E-state index contributed by atoms with van der Waals surface area (Å²) >= 11 is 0. The van der Waals surface area contributed by atoms with Gasteiger partial charge >= 0.3 is 5.97 Å². The van der Waals surface area contributed by atoms with Crippen LogP contribution in [0, 0.1) is 5.82 Å². The quantitative estimate of drug-likeness (QED) is 0.824. The molecule has 0 unspecified atom stereocenters. The van der Waals surface area contributed by atoms with Crippen LogP contribution in [0.15, 0.2) is 18.3 Å². The van der Waals surface area contributed by atoms with Gasteiger partial charge in [0.1, 0.15) is 17.3 Å². The number of Topliss-reactive ketones (excluding diaryl/α,β-unsaturated/α-hetero) is 1. The number of fused-ring (bicyclic) bond motifs is 1. The average molecular weight is 319 g/mol. The zero-order valence-electron chi connectivity index (χ0n) is 13.2. The number of carboxylic acid groups (broad SMARTS) is 1. The summed E-state index contributed by atoms with van der Waals surface area (Å²) in [4.78, 5) is 26.5. The van der Waals surface area contributed by atoms with E-state index in [2.05, 4.69) is 4.98 Å². The summed E-state index contributed by atoms with van der Waals surface area (Å²) in [5.74, 6) is -1.49. The number of nitrogens with zero attached hydrogens (tertiary/aromatic N) is 1. The molecule has 0 aliphatic carbocycles. The maximum atomic E-state index is 14.7. The number of ether oxygens (including phenoxy) is 1. The van der Waals surface area contributed by atoms with Crippen molar-refractivity contribution in [1.82, 2.24) is 4.98 Å². The standard InChI is InChI=1S/C17H18FNO4/c1-9(2)16-14(23-3)7-10-6-12(13(20)4-5-15(21)22)19-8-11(10)17(16)18/h6-9H,4-5H2,1-3H3,(H,21,22). The largest absolute Gasteiger partial charge is 0.496 e. The van der Waals surface area contributed by atoms with Crippen LogP contribution in [0.1, 0.15) is 48.7 Å². The molecule has 6 heteroatoms. The SMILES string of the molecule is COc1cc2cc(C(=O)CCC(=O)O)ncc2c(F)c1C(C)C. The minimum Gasteiger partial charge on any atom is -0.496 e. The van der Waals surface area contributed by atoms with Gasteiger partial charge < -0.3 is 9.84 Å². The van der Waals surface area contributed by atoms with Gasteiger partial charge in [-0.25, -0.2) is 4.39 Å². The molecule has 0 atom stereocenters. The second-order valence-electron chi connectivity index (χ2n) is 5.57. The Balaban J connectivity index is 2.50. The molecule has 0 bridgehead atoms. The number of ketones is 1. The summed E-state index contributed by atoms with van der Waals surface area (Å²) in [5, 5.41) is 9.44. The molecule has 23 heavy (non-hydrogen) atoms. The average Bonchev–Trinajstić information content (AvgIpc) is 2.51. The molecule has 1 heterocycles. The number of halogens is 1. The normalized spacial score (nSPS) is 11.0. The lowest BCUT2D eigenvalue weighted by molar-refractivity contribution is -0.136. The van der Waals surface area contributed by atoms with Gasteiger partial charge in [0, 0.05) is 23.6 Å². The monoisotopic (exact) mass is 319 g/mol. The Labute approximate surface area is 133 Å². The molecule has 0 aliphatic rings. The third-order valence-electron chi connectivity index (χ3n) is 3.61. The molecule has 1 N–H and O–H groups in total. The molecule has 0 saturated heterocycles. The maximum absolute atomic E-state index is 14.7. The van der Waals surface area contributed by atoms with E-state index in [4.69, 9.17) is 9.84 Å². The summed E-state index contributed by atoms with van der Waals surface area (Å²) in [6, 6.07) is 3.14. The summed E-state index contributed by atoms with van der Waals surface area (Å²) in [6.45, 7) is 3.73. The van der Waals surface area contributed by atoms with E-state index in [9.17, 15) is 14.0 Å². The lowest BCUT2D eigenvalue weighted by atomic mass is 9.97. The third-order valence-corrected chi connectivity index (χ3v) is 3.61. The zero-order chi connectivity index (χ0) is 17.1. The fourth-order valence-electron chi connectivity index (χ4n) is 2.45. The van der Waals surface area contributed by atoms with Crippen molar-refractivity contribution < 1.29 is 23.8 Å². The smallest absolute Gasteiger partial charge is 0.303 e. The highest BCUT2D eigenvalue weighted by Gasteiger charge is 2.19. The van der Waals surface area contributed by atoms with Gasteiger partial charge in [-0.3, -0.25) is 14.6 Å². The Morgan fingerprint density at radius 1 is 1.30 bits per heavy atom. The summed E-state index contributed by atoms with van der Waals surface area (Å²) in [7, 11) is 1.46. The maximum Gasteiger partial charge on any atom is 0.303 e. The molecule has 0 saturated carbocycles. The highest BCUT2D eigenvalue weighted by atomic mass is 19.1. The minimum absolute atomic E-state index is 0.0637. The lowest BCUT2D eigenvalue weighted by Crippen LogP contribution is -2.06. The number of carboxylic acids is 1. The van der Waals surface area contributed by atoms with Crippen molar-refractivity contribution in [2.75, 3.05) is 7.11 Å². The van der Waals surface area contributed by atoms with E-state index in [1.807, 2.05) is 13.8 Å². The van der Waals surface area contributed by atoms with Crippen molar-refractivity contribution in [1.29, 1.82) is 0 Å². The molecule has 122 valence electrons. The van der Waals surface area contributed by atoms with Crippen LogP contribution in [0.4, 0.5) is 4.39 Å². The molecule has 0 amide bonds. The van der Waals surface area contributed by atoms with Crippen LogP contribution in [-0.2, 0) is 4.79 Å². The molecule has 2 rings (SSSR count). The van der Waals surface area contributed by atoms with Gasteiger partial charge in [0.05, 0.1) is 13.5 Å². The fourth-order valence-corrected chi connectivity index (χ4v) is 2.45. The molecule has 0 radical (unpaired) electrons. The molecule has 0 fully saturated rings. The van der Waals surface area contributed by atoms with Crippen molar-refractivity contribution in [3.63, 3.8) is 0 Å². The number of carbonyl (C=O) groups excluding carboxylic acids is 1. The molecular formula is C17H18FNO4. The Bertz CT molecular complexity index is 771. The highest BCUT2D eigenvalue weighted by Crippen LogP contribution is 2.34.